The van der Waals surface area contributed by atoms with Crippen LogP contribution in [-0.2, 0) is 29.1 Å². The molecule has 6 heteroatoms. The van der Waals surface area contributed by atoms with E-state index in [1.54, 1.807) is 7.11 Å². The first-order valence-electron chi connectivity index (χ1n) is 10.6. The summed E-state index contributed by atoms with van der Waals surface area (Å²) in [6.07, 6.45) is 2.79. The number of rotatable bonds is 6. The Morgan fingerprint density at radius 1 is 1.07 bits per heavy atom. The van der Waals surface area contributed by atoms with Gasteiger partial charge in [-0.15, -0.1) is 0 Å². The monoisotopic (exact) mass is 407 g/mol. The van der Waals surface area contributed by atoms with Gasteiger partial charge in [-0.1, -0.05) is 36.4 Å². The van der Waals surface area contributed by atoms with Gasteiger partial charge < -0.3 is 15.0 Å². The van der Waals surface area contributed by atoms with E-state index in [9.17, 15) is 9.59 Å². The zero-order chi connectivity index (χ0) is 20.9. The number of carbonyl (C=O) groups is 2. The van der Waals surface area contributed by atoms with Crippen molar-refractivity contribution < 1.29 is 14.3 Å². The maximum atomic E-state index is 13.2. The summed E-state index contributed by atoms with van der Waals surface area (Å²) in [5, 5.41) is 2.99. The second kappa shape index (κ2) is 9.30. The smallest absolute Gasteiger partial charge is 0.240 e. The molecule has 158 valence electrons. The van der Waals surface area contributed by atoms with Crippen LogP contribution in [0.2, 0.25) is 0 Å². The molecule has 6 nitrogen and oxygen atoms in total. The van der Waals surface area contributed by atoms with Crippen molar-refractivity contribution in [3.8, 4) is 5.75 Å². The lowest BCUT2D eigenvalue weighted by atomic mass is 9.93. The summed E-state index contributed by atoms with van der Waals surface area (Å²) in [6.45, 7) is 2.92. The maximum Gasteiger partial charge on any atom is 0.240 e. The van der Waals surface area contributed by atoms with Gasteiger partial charge in [0.15, 0.2) is 0 Å². The van der Waals surface area contributed by atoms with Gasteiger partial charge in [-0.3, -0.25) is 14.5 Å². The number of carbonyl (C=O) groups excluding carboxylic acids is 2. The first kappa shape index (κ1) is 20.4. The maximum absolute atomic E-state index is 13.2. The van der Waals surface area contributed by atoms with Gasteiger partial charge >= 0.3 is 0 Å². The molecule has 1 atom stereocenters. The Hall–Kier alpha value is -2.86. The minimum absolute atomic E-state index is 0.0728. The highest BCUT2D eigenvalue weighted by Gasteiger charge is 2.35. The Bertz CT molecular complexity index is 908. The van der Waals surface area contributed by atoms with Crippen LogP contribution in [0.15, 0.2) is 48.5 Å². The number of fused-ring (bicyclic) bond motifs is 1. The Balaban J connectivity index is 1.43. The second-order valence-corrected chi connectivity index (χ2v) is 8.05. The number of nitrogens with one attached hydrogen (secondary N) is 1. The normalized spacial score (nSPS) is 18.7. The lowest BCUT2D eigenvalue weighted by Crippen LogP contribution is -2.53. The zero-order valence-corrected chi connectivity index (χ0v) is 17.5. The average molecular weight is 408 g/mol. The Morgan fingerprint density at radius 2 is 1.83 bits per heavy atom. The number of likely N-dealkylation sites (tertiary alicyclic amines) is 1. The number of hydrogen-bond acceptors (Lipinski definition) is 4. The standard InChI is InChI=1S/C24H29N3O3/c1-30-21-10-6-7-18(13-21)15-25-23(28)17-27-16-20-9-3-2-8-19(20)14-22(27)24(29)26-11-4-5-12-26/h2-3,6-10,13,22H,4-5,11-12,14-17H2,1H3,(H,25,28)/t22-/m0/s1. The molecule has 0 radical (unpaired) electrons. The molecule has 2 aliphatic rings. The van der Waals surface area contributed by atoms with E-state index >= 15 is 0 Å². The molecule has 30 heavy (non-hydrogen) atoms. The summed E-state index contributed by atoms with van der Waals surface area (Å²) in [7, 11) is 1.63. The predicted octanol–water partition coefficient (Wildman–Crippen LogP) is 2.36. The molecular weight excluding hydrogens is 378 g/mol. The van der Waals surface area contributed by atoms with Crippen LogP contribution in [0.4, 0.5) is 0 Å². The highest BCUT2D eigenvalue weighted by molar-refractivity contribution is 5.84. The highest BCUT2D eigenvalue weighted by Crippen LogP contribution is 2.25. The molecule has 0 bridgehead atoms. The van der Waals surface area contributed by atoms with E-state index in [1.165, 1.54) is 11.1 Å². The summed E-state index contributed by atoms with van der Waals surface area (Å²) >= 11 is 0. The summed E-state index contributed by atoms with van der Waals surface area (Å²) in [6, 6.07) is 15.6. The number of nitrogens with zero attached hydrogens (tertiary/aromatic N) is 2. The van der Waals surface area contributed by atoms with Gasteiger partial charge in [0, 0.05) is 26.2 Å². The van der Waals surface area contributed by atoms with Gasteiger partial charge in [0.1, 0.15) is 5.75 Å². The van der Waals surface area contributed by atoms with E-state index < -0.39 is 0 Å². The van der Waals surface area contributed by atoms with Gasteiger partial charge in [-0.25, -0.2) is 0 Å². The fourth-order valence-corrected chi connectivity index (χ4v) is 4.36. The van der Waals surface area contributed by atoms with Gasteiger partial charge in [-0.05, 0) is 48.1 Å². The van der Waals surface area contributed by atoms with Gasteiger partial charge in [0.05, 0.1) is 19.7 Å². The molecule has 2 aromatic rings. The molecule has 0 unspecified atom stereocenters. The number of amides is 2. The largest absolute Gasteiger partial charge is 0.497 e. The molecule has 0 aliphatic carbocycles. The molecule has 2 aliphatic heterocycles. The average Bonchev–Trinajstić information content (AvgIpc) is 3.32. The Kier molecular flexibility index (Phi) is 6.33. The minimum atomic E-state index is -0.277. The van der Waals surface area contributed by atoms with Crippen molar-refractivity contribution in [2.24, 2.45) is 0 Å². The van der Waals surface area contributed by atoms with Crippen molar-refractivity contribution in [3.63, 3.8) is 0 Å². The van der Waals surface area contributed by atoms with Crippen molar-refractivity contribution >= 4 is 11.8 Å². The summed E-state index contributed by atoms with van der Waals surface area (Å²) in [4.78, 5) is 29.9. The molecule has 2 heterocycles. The van der Waals surface area contributed by atoms with E-state index in [0.29, 0.717) is 19.5 Å². The van der Waals surface area contributed by atoms with E-state index in [0.717, 1.165) is 37.2 Å². The molecule has 2 amide bonds. The van der Waals surface area contributed by atoms with Gasteiger partial charge in [0.2, 0.25) is 11.8 Å². The SMILES string of the molecule is COc1cccc(CNC(=O)CN2Cc3ccccc3C[C@H]2C(=O)N2CCCC2)c1. The van der Waals surface area contributed by atoms with Crippen molar-refractivity contribution in [3.05, 3.63) is 65.2 Å². The summed E-state index contributed by atoms with van der Waals surface area (Å²) in [5.41, 5.74) is 3.39. The Labute approximate surface area is 177 Å². The Morgan fingerprint density at radius 3 is 2.60 bits per heavy atom. The highest BCUT2D eigenvalue weighted by atomic mass is 16.5. The first-order valence-corrected chi connectivity index (χ1v) is 10.6. The fraction of sp³-hybridized carbons (Fsp3) is 0.417. The lowest BCUT2D eigenvalue weighted by molar-refractivity contribution is -0.137. The van der Waals surface area contributed by atoms with Crippen LogP contribution < -0.4 is 10.1 Å². The topological polar surface area (TPSA) is 61.9 Å². The van der Waals surface area contributed by atoms with E-state index in [1.807, 2.05) is 46.2 Å². The van der Waals surface area contributed by atoms with E-state index in [2.05, 4.69) is 17.4 Å². The van der Waals surface area contributed by atoms with E-state index in [-0.39, 0.29) is 24.4 Å². The number of benzene rings is 2. The van der Waals surface area contributed by atoms with Crippen LogP contribution in [0.25, 0.3) is 0 Å². The van der Waals surface area contributed by atoms with Crippen LogP contribution in [0.3, 0.4) is 0 Å². The number of ether oxygens (including phenoxy) is 1. The first-order chi connectivity index (χ1) is 14.6. The molecule has 2 aromatic carbocycles. The second-order valence-electron chi connectivity index (χ2n) is 8.05. The van der Waals surface area contributed by atoms with Crippen LogP contribution in [0, 0.1) is 0 Å². The fourth-order valence-electron chi connectivity index (χ4n) is 4.36. The van der Waals surface area contributed by atoms with Gasteiger partial charge in [-0.2, -0.15) is 0 Å². The minimum Gasteiger partial charge on any atom is -0.497 e. The van der Waals surface area contributed by atoms with Crippen molar-refractivity contribution in [1.82, 2.24) is 15.1 Å². The molecule has 1 N–H and O–H groups in total. The van der Waals surface area contributed by atoms with Gasteiger partial charge in [0.25, 0.3) is 0 Å². The molecular formula is C24H29N3O3. The van der Waals surface area contributed by atoms with E-state index in [4.69, 9.17) is 4.74 Å². The van der Waals surface area contributed by atoms with Crippen LogP contribution in [0.1, 0.15) is 29.5 Å². The summed E-state index contributed by atoms with van der Waals surface area (Å²) in [5.74, 6) is 0.852. The van der Waals surface area contributed by atoms with Crippen LogP contribution >= 0.6 is 0 Å². The predicted molar refractivity (Wildman–Crippen MR) is 115 cm³/mol. The third-order valence-corrected chi connectivity index (χ3v) is 6.02. The number of methoxy groups -OCH3 is 1. The molecule has 0 saturated carbocycles. The quantitative estimate of drug-likeness (QED) is 0.799. The van der Waals surface area contributed by atoms with Crippen molar-refractivity contribution in [2.75, 3.05) is 26.7 Å². The molecule has 0 spiro atoms. The molecule has 1 saturated heterocycles. The lowest BCUT2D eigenvalue weighted by Gasteiger charge is -2.37. The zero-order valence-electron chi connectivity index (χ0n) is 17.5. The molecule has 4 rings (SSSR count). The third-order valence-electron chi connectivity index (χ3n) is 6.02. The van der Waals surface area contributed by atoms with Crippen LogP contribution in [-0.4, -0.2) is 54.4 Å². The molecule has 1 fully saturated rings. The van der Waals surface area contributed by atoms with Crippen LogP contribution in [0.5, 0.6) is 5.75 Å². The summed E-state index contributed by atoms with van der Waals surface area (Å²) < 4.78 is 5.24. The van der Waals surface area contributed by atoms with Crippen molar-refractivity contribution in [2.45, 2.75) is 38.4 Å². The van der Waals surface area contributed by atoms with Crippen molar-refractivity contribution in [1.29, 1.82) is 0 Å². The molecule has 0 aromatic heterocycles. The third kappa shape index (κ3) is 4.65. The number of hydrogen-bond donors (Lipinski definition) is 1.